The minimum atomic E-state index is -0.122. The second-order valence-electron chi connectivity index (χ2n) is 3.93. The van der Waals surface area contributed by atoms with Crippen LogP contribution >= 0.6 is 0 Å². The van der Waals surface area contributed by atoms with Gasteiger partial charge in [0.1, 0.15) is 5.52 Å². The fourth-order valence-electron chi connectivity index (χ4n) is 1.88. The number of H-pyrrole nitrogens is 1. The van der Waals surface area contributed by atoms with Crippen LogP contribution in [0.5, 0.6) is 0 Å². The average Bonchev–Trinajstić information content (AvgIpc) is 2.90. The highest BCUT2D eigenvalue weighted by atomic mass is 16.2. The molecule has 85 valence electrons. The minimum Gasteiger partial charge on any atom is -0.278 e. The van der Waals surface area contributed by atoms with E-state index in [-0.39, 0.29) is 18.4 Å². The van der Waals surface area contributed by atoms with Gasteiger partial charge in [-0.15, -0.1) is 5.10 Å². The summed E-state index contributed by atoms with van der Waals surface area (Å²) < 4.78 is 0. The molecule has 1 aromatic carbocycles. The van der Waals surface area contributed by atoms with Crippen LogP contribution in [0.2, 0.25) is 0 Å². The smallest absolute Gasteiger partial charge is 0.229 e. The van der Waals surface area contributed by atoms with E-state index in [2.05, 4.69) is 21.5 Å². The lowest BCUT2D eigenvalue weighted by Crippen LogP contribution is -2.28. The predicted molar refractivity (Wildman–Crippen MR) is 57.5 cm³/mol. The number of imide groups is 1. The Hall–Kier alpha value is -2.24. The molecule has 1 N–H and O–H groups in total. The van der Waals surface area contributed by atoms with Gasteiger partial charge in [0.15, 0.2) is 0 Å². The molecule has 6 nitrogen and oxygen atoms in total. The van der Waals surface area contributed by atoms with E-state index < -0.39 is 0 Å². The van der Waals surface area contributed by atoms with Crippen LogP contribution in [0.25, 0.3) is 11.0 Å². The number of aromatic nitrogens is 3. The zero-order valence-corrected chi connectivity index (χ0v) is 8.93. The van der Waals surface area contributed by atoms with Crippen LogP contribution in [0.3, 0.4) is 0 Å². The lowest BCUT2D eigenvalue weighted by atomic mass is 10.2. The molecule has 1 fully saturated rings. The van der Waals surface area contributed by atoms with Crippen molar-refractivity contribution < 1.29 is 9.59 Å². The summed E-state index contributed by atoms with van der Waals surface area (Å²) in [5.74, 6) is -0.243. The van der Waals surface area contributed by atoms with Crippen molar-refractivity contribution in [1.29, 1.82) is 0 Å². The van der Waals surface area contributed by atoms with Crippen molar-refractivity contribution in [2.75, 3.05) is 0 Å². The van der Waals surface area contributed by atoms with Crippen molar-refractivity contribution >= 4 is 22.8 Å². The van der Waals surface area contributed by atoms with Crippen molar-refractivity contribution in [2.24, 2.45) is 0 Å². The zero-order valence-electron chi connectivity index (χ0n) is 8.93. The largest absolute Gasteiger partial charge is 0.278 e. The van der Waals surface area contributed by atoms with E-state index in [1.807, 2.05) is 6.07 Å². The molecule has 2 heterocycles. The first-order chi connectivity index (χ1) is 8.24. The number of likely N-dealkylation sites (tertiary alicyclic amines) is 1. The van der Waals surface area contributed by atoms with Crippen molar-refractivity contribution in [3.63, 3.8) is 0 Å². The monoisotopic (exact) mass is 229 g/mol. The molecule has 0 unspecified atom stereocenters. The lowest BCUT2D eigenvalue weighted by Gasteiger charge is -2.13. The summed E-state index contributed by atoms with van der Waals surface area (Å²) >= 11 is 0. The molecule has 0 saturated carbocycles. The van der Waals surface area contributed by atoms with Crippen LogP contribution in [0.15, 0.2) is 12.1 Å². The quantitative estimate of drug-likeness (QED) is 0.756. The molecule has 0 atom stereocenters. The number of nitrogens with one attached hydrogen (secondary N) is 1. The van der Waals surface area contributed by atoms with Gasteiger partial charge in [-0.25, -0.2) is 0 Å². The summed E-state index contributed by atoms with van der Waals surface area (Å²) in [4.78, 5) is 24.2. The standard InChI is InChI=1S/C11H9N4O2/c16-10-3-4-11(17)15(10)6-7-1-2-8-9(5-7)13-14-12-8/h1-2H,3-4,6H2,(H,12,13,14). The normalized spacial score (nSPS) is 16.1. The molecular formula is C11H9N4O2. The van der Waals surface area contributed by atoms with Gasteiger partial charge < -0.3 is 0 Å². The van der Waals surface area contributed by atoms with Crippen molar-refractivity contribution in [2.45, 2.75) is 19.4 Å². The Kier molecular flexibility index (Phi) is 2.14. The number of benzene rings is 1. The van der Waals surface area contributed by atoms with Gasteiger partial charge in [-0.05, 0) is 11.6 Å². The van der Waals surface area contributed by atoms with E-state index in [0.717, 1.165) is 11.1 Å². The molecule has 1 aliphatic rings. The van der Waals surface area contributed by atoms with E-state index in [9.17, 15) is 9.59 Å². The predicted octanol–water partition coefficient (Wildman–Crippen LogP) is 0.407. The molecule has 0 aliphatic carbocycles. The number of nitrogens with zero attached hydrogens (tertiary/aromatic N) is 3. The van der Waals surface area contributed by atoms with Crippen molar-refractivity contribution in [3.05, 3.63) is 23.8 Å². The van der Waals surface area contributed by atoms with Crippen LogP contribution in [-0.4, -0.2) is 32.1 Å². The Morgan fingerprint density at radius 3 is 2.82 bits per heavy atom. The van der Waals surface area contributed by atoms with Gasteiger partial charge >= 0.3 is 0 Å². The van der Waals surface area contributed by atoms with Gasteiger partial charge in [0.2, 0.25) is 11.8 Å². The number of hydrogen-bond acceptors (Lipinski definition) is 4. The summed E-state index contributed by atoms with van der Waals surface area (Å²) in [5.41, 5.74) is 2.16. The summed E-state index contributed by atoms with van der Waals surface area (Å²) in [6.45, 7) is 0.264. The summed E-state index contributed by atoms with van der Waals surface area (Å²) in [6, 6.07) is 6.64. The number of fused-ring (bicyclic) bond motifs is 1. The molecular weight excluding hydrogens is 220 g/mol. The molecule has 6 heteroatoms. The average molecular weight is 229 g/mol. The third kappa shape index (κ3) is 1.67. The highest BCUT2D eigenvalue weighted by Crippen LogP contribution is 2.17. The molecule has 17 heavy (non-hydrogen) atoms. The van der Waals surface area contributed by atoms with Gasteiger partial charge in [-0.1, -0.05) is 11.3 Å². The van der Waals surface area contributed by atoms with Crippen LogP contribution in [-0.2, 0) is 16.1 Å². The fourth-order valence-corrected chi connectivity index (χ4v) is 1.88. The molecule has 2 amide bonds. The highest BCUT2D eigenvalue weighted by Gasteiger charge is 2.28. The first-order valence-electron chi connectivity index (χ1n) is 5.29. The molecule has 1 radical (unpaired) electrons. The maximum Gasteiger partial charge on any atom is 0.229 e. The third-order valence-electron chi connectivity index (χ3n) is 2.79. The van der Waals surface area contributed by atoms with Gasteiger partial charge in [0, 0.05) is 18.9 Å². The van der Waals surface area contributed by atoms with Gasteiger partial charge in [-0.3, -0.25) is 19.6 Å². The number of carbonyl (C=O) groups is 2. The fraction of sp³-hybridized carbons (Fsp3) is 0.273. The number of aromatic amines is 1. The Balaban J connectivity index is 1.89. The third-order valence-corrected chi connectivity index (χ3v) is 2.79. The Morgan fingerprint density at radius 2 is 2.06 bits per heavy atom. The topological polar surface area (TPSA) is 79.0 Å². The molecule has 1 aliphatic heterocycles. The van der Waals surface area contributed by atoms with Crippen LogP contribution in [0.4, 0.5) is 0 Å². The van der Waals surface area contributed by atoms with E-state index in [0.29, 0.717) is 18.4 Å². The van der Waals surface area contributed by atoms with E-state index in [4.69, 9.17) is 0 Å². The lowest BCUT2D eigenvalue weighted by molar-refractivity contribution is -0.139. The number of rotatable bonds is 2. The molecule has 0 spiro atoms. The summed E-state index contributed by atoms with van der Waals surface area (Å²) in [6.07, 6.45) is 0.621. The molecule has 1 saturated heterocycles. The molecule has 1 aromatic heterocycles. The second-order valence-corrected chi connectivity index (χ2v) is 3.93. The van der Waals surface area contributed by atoms with Crippen LogP contribution < -0.4 is 0 Å². The first kappa shape index (κ1) is 9.95. The first-order valence-corrected chi connectivity index (χ1v) is 5.29. The van der Waals surface area contributed by atoms with E-state index in [1.165, 1.54) is 4.90 Å². The Bertz CT molecular complexity index is 588. The van der Waals surface area contributed by atoms with Crippen LogP contribution in [0, 0.1) is 6.07 Å². The number of hydrogen-bond donors (Lipinski definition) is 1. The Morgan fingerprint density at radius 1 is 1.29 bits per heavy atom. The van der Waals surface area contributed by atoms with Gasteiger partial charge in [0.25, 0.3) is 0 Å². The maximum atomic E-state index is 11.5. The molecule has 0 bridgehead atoms. The van der Waals surface area contributed by atoms with Crippen molar-refractivity contribution in [3.8, 4) is 0 Å². The Labute approximate surface area is 96.6 Å². The summed E-state index contributed by atoms with van der Waals surface area (Å²) in [5, 5.41) is 10.2. The SMILES string of the molecule is O=C1CCC(=O)N1Cc1[c]c2nn[nH]c2cc1. The summed E-state index contributed by atoms with van der Waals surface area (Å²) in [7, 11) is 0. The second kappa shape index (κ2) is 3.65. The van der Waals surface area contributed by atoms with Gasteiger partial charge in [-0.2, -0.15) is 0 Å². The zero-order chi connectivity index (χ0) is 11.8. The van der Waals surface area contributed by atoms with Crippen LogP contribution in [0.1, 0.15) is 18.4 Å². The van der Waals surface area contributed by atoms with E-state index in [1.54, 1.807) is 6.07 Å². The number of carbonyl (C=O) groups excluding carboxylic acids is 2. The number of amides is 2. The maximum absolute atomic E-state index is 11.5. The minimum absolute atomic E-state index is 0.122. The molecule has 3 rings (SSSR count). The van der Waals surface area contributed by atoms with Gasteiger partial charge in [0.05, 0.1) is 12.1 Å². The highest BCUT2D eigenvalue weighted by molar-refractivity contribution is 6.01. The van der Waals surface area contributed by atoms with E-state index >= 15 is 0 Å². The molecule has 2 aromatic rings. The van der Waals surface area contributed by atoms with Crippen molar-refractivity contribution in [1.82, 2.24) is 20.3 Å².